The Kier molecular flexibility index (Phi) is 5.19. The number of phosphoric acid groups is 1. The van der Waals surface area contributed by atoms with E-state index in [0.29, 0.717) is 17.1 Å². The van der Waals surface area contributed by atoms with Crippen molar-refractivity contribution in [2.75, 3.05) is 6.61 Å². The Morgan fingerprint density at radius 2 is 2.16 bits per heavy atom. The Morgan fingerprint density at radius 3 is 2.84 bits per heavy atom. The third kappa shape index (κ3) is 4.22. The lowest BCUT2D eigenvalue weighted by Crippen LogP contribution is -2.25. The summed E-state index contributed by atoms with van der Waals surface area (Å²) in [6, 6.07) is 0. The van der Waals surface area contributed by atoms with Crippen LogP contribution in [0.3, 0.4) is 0 Å². The predicted octanol–water partition coefficient (Wildman–Crippen LogP) is 0.782. The van der Waals surface area contributed by atoms with E-state index in [1.165, 1.54) is 6.33 Å². The number of hydrogen-bond donors (Lipinski definition) is 3. The van der Waals surface area contributed by atoms with E-state index in [1.54, 1.807) is 10.9 Å². The molecule has 2 aromatic heterocycles. The molecule has 0 aliphatic carbocycles. The third-order valence-corrected chi connectivity index (χ3v) is 4.44. The summed E-state index contributed by atoms with van der Waals surface area (Å²) in [6.45, 7) is 3.78. The van der Waals surface area contributed by atoms with Crippen molar-refractivity contribution in [2.45, 2.75) is 45.1 Å². The monoisotopic (exact) mass is 372 g/mol. The quantitative estimate of drug-likeness (QED) is 0.628. The van der Waals surface area contributed by atoms with E-state index < -0.39 is 32.9 Å². The van der Waals surface area contributed by atoms with Crippen molar-refractivity contribution in [2.24, 2.45) is 5.92 Å². The summed E-state index contributed by atoms with van der Waals surface area (Å²) in [5.41, 5.74) is 2.13. The van der Waals surface area contributed by atoms with Crippen LogP contribution >= 0.6 is 7.82 Å². The van der Waals surface area contributed by atoms with Gasteiger partial charge in [0.15, 0.2) is 5.65 Å². The minimum atomic E-state index is -4.61. The molecule has 3 N–H and O–H groups in total. The molecule has 1 aliphatic heterocycles. The summed E-state index contributed by atoms with van der Waals surface area (Å²) >= 11 is 0. The molecule has 3 unspecified atom stereocenters. The Hall–Kier alpha value is -1.42. The van der Waals surface area contributed by atoms with Gasteiger partial charge in [0.25, 0.3) is 0 Å². The molecule has 2 aromatic rings. The zero-order chi connectivity index (χ0) is 18.2. The Labute approximate surface area is 144 Å². The number of aromatic nitrogens is 4. The van der Waals surface area contributed by atoms with Gasteiger partial charge in [0.2, 0.25) is 0 Å². The zero-order valence-corrected chi connectivity index (χ0v) is 14.8. The van der Waals surface area contributed by atoms with Gasteiger partial charge in [0, 0.05) is 6.42 Å². The highest BCUT2D eigenvalue weighted by atomic mass is 31.2. The van der Waals surface area contributed by atoms with Crippen LogP contribution in [0.15, 0.2) is 12.7 Å². The molecular weight excluding hydrogens is 351 g/mol. The highest BCUT2D eigenvalue weighted by Crippen LogP contribution is 2.38. The molecule has 0 aromatic carbocycles. The molecule has 0 amide bonds. The second-order valence-corrected chi connectivity index (χ2v) is 7.70. The SMILES string of the molecule is CC(C)Cc1ncnc2c1ncn2C1CC(O)C(COP(=O)(O)O)O1. The van der Waals surface area contributed by atoms with Gasteiger partial charge in [-0.05, 0) is 12.3 Å². The lowest BCUT2D eigenvalue weighted by molar-refractivity contribution is -0.0424. The number of aliphatic hydroxyl groups is 1. The van der Waals surface area contributed by atoms with Gasteiger partial charge in [-0.1, -0.05) is 13.8 Å². The van der Waals surface area contributed by atoms with E-state index in [1.807, 2.05) is 0 Å². The average molecular weight is 372 g/mol. The highest BCUT2D eigenvalue weighted by molar-refractivity contribution is 7.46. The number of nitrogens with zero attached hydrogens (tertiary/aromatic N) is 4. The van der Waals surface area contributed by atoms with Crippen LogP contribution in [0.5, 0.6) is 0 Å². The zero-order valence-electron chi connectivity index (χ0n) is 13.9. The molecular formula is C14H21N4O6P. The summed E-state index contributed by atoms with van der Waals surface area (Å²) in [6.07, 6.45) is 1.75. The fourth-order valence-corrected chi connectivity index (χ4v) is 3.19. The highest BCUT2D eigenvalue weighted by Gasteiger charge is 2.37. The van der Waals surface area contributed by atoms with Crippen molar-refractivity contribution < 1.29 is 28.7 Å². The molecule has 10 nitrogen and oxygen atoms in total. The van der Waals surface area contributed by atoms with Gasteiger partial charge in [0.1, 0.15) is 24.2 Å². The summed E-state index contributed by atoms with van der Waals surface area (Å²) in [4.78, 5) is 30.5. The topological polar surface area (TPSA) is 140 Å². The smallest absolute Gasteiger partial charge is 0.390 e. The number of phosphoric ester groups is 1. The van der Waals surface area contributed by atoms with Gasteiger partial charge in [-0.3, -0.25) is 9.09 Å². The largest absolute Gasteiger partial charge is 0.469 e. The number of imidazole rings is 1. The van der Waals surface area contributed by atoms with Gasteiger partial charge < -0.3 is 19.6 Å². The van der Waals surface area contributed by atoms with Crippen LogP contribution < -0.4 is 0 Å². The molecule has 1 fully saturated rings. The number of fused-ring (bicyclic) bond motifs is 1. The van der Waals surface area contributed by atoms with E-state index in [9.17, 15) is 9.67 Å². The summed E-state index contributed by atoms with van der Waals surface area (Å²) < 4.78 is 22.6. The molecule has 0 spiro atoms. The average Bonchev–Trinajstić information content (AvgIpc) is 3.08. The maximum Gasteiger partial charge on any atom is 0.469 e. The minimum absolute atomic E-state index is 0.240. The molecule has 11 heteroatoms. The summed E-state index contributed by atoms with van der Waals surface area (Å²) in [5, 5.41) is 10.1. The maximum absolute atomic E-state index is 10.8. The van der Waals surface area contributed by atoms with Gasteiger partial charge in [-0.15, -0.1) is 0 Å². The van der Waals surface area contributed by atoms with Gasteiger partial charge in [0.05, 0.1) is 24.7 Å². The van der Waals surface area contributed by atoms with Crippen LogP contribution in [0, 0.1) is 5.92 Å². The van der Waals surface area contributed by atoms with Crippen LogP contribution in [0.4, 0.5) is 0 Å². The van der Waals surface area contributed by atoms with Gasteiger partial charge >= 0.3 is 7.82 Å². The van der Waals surface area contributed by atoms with E-state index in [0.717, 1.165) is 12.1 Å². The van der Waals surface area contributed by atoms with Crippen LogP contribution in [0.25, 0.3) is 11.2 Å². The van der Waals surface area contributed by atoms with Crippen molar-refractivity contribution in [3.63, 3.8) is 0 Å². The standard InChI is InChI=1S/C14H21N4O6P/c1-8(2)3-9-13-14(16-6-15-9)18(7-17-13)12-4-10(19)11(24-12)5-23-25(20,21)22/h6-8,10-12,19H,3-5H2,1-2H3,(H2,20,21,22). The fraction of sp³-hybridized carbons (Fsp3) is 0.643. The second kappa shape index (κ2) is 7.06. The van der Waals surface area contributed by atoms with E-state index in [-0.39, 0.29) is 6.42 Å². The predicted molar refractivity (Wildman–Crippen MR) is 86.4 cm³/mol. The first-order valence-corrected chi connectivity index (χ1v) is 9.47. The Balaban J connectivity index is 1.80. The first-order valence-electron chi connectivity index (χ1n) is 7.94. The van der Waals surface area contributed by atoms with Crippen molar-refractivity contribution in [3.8, 4) is 0 Å². The Bertz CT molecular complexity index is 791. The fourth-order valence-electron chi connectivity index (χ4n) is 2.85. The van der Waals surface area contributed by atoms with Crippen LogP contribution in [0.2, 0.25) is 0 Å². The van der Waals surface area contributed by atoms with E-state index in [4.69, 9.17) is 14.5 Å². The Morgan fingerprint density at radius 1 is 1.40 bits per heavy atom. The molecule has 0 bridgehead atoms. The van der Waals surface area contributed by atoms with Crippen LogP contribution in [-0.2, 0) is 20.2 Å². The lowest BCUT2D eigenvalue weighted by Gasteiger charge is -2.16. The molecule has 138 valence electrons. The molecule has 0 radical (unpaired) electrons. The number of rotatable bonds is 6. The minimum Gasteiger partial charge on any atom is -0.390 e. The van der Waals surface area contributed by atoms with E-state index in [2.05, 4.69) is 33.3 Å². The molecule has 3 atom stereocenters. The molecule has 1 aliphatic rings. The first kappa shape index (κ1) is 18.4. The normalized spacial score (nSPS) is 24.5. The van der Waals surface area contributed by atoms with Gasteiger partial charge in [-0.2, -0.15) is 0 Å². The molecule has 3 heterocycles. The van der Waals surface area contributed by atoms with Crippen molar-refractivity contribution in [1.29, 1.82) is 0 Å². The first-order chi connectivity index (χ1) is 11.7. The second-order valence-electron chi connectivity index (χ2n) is 6.46. The lowest BCUT2D eigenvalue weighted by atomic mass is 10.1. The van der Waals surface area contributed by atoms with Crippen LogP contribution in [-0.4, -0.2) is 53.2 Å². The number of ether oxygens (including phenoxy) is 1. The van der Waals surface area contributed by atoms with Crippen molar-refractivity contribution in [1.82, 2.24) is 19.5 Å². The number of aliphatic hydroxyl groups excluding tert-OH is 1. The molecule has 0 saturated carbocycles. The van der Waals surface area contributed by atoms with Crippen molar-refractivity contribution >= 4 is 19.0 Å². The summed E-state index contributed by atoms with van der Waals surface area (Å²) in [7, 11) is -4.61. The molecule has 25 heavy (non-hydrogen) atoms. The van der Waals surface area contributed by atoms with E-state index >= 15 is 0 Å². The molecule has 1 saturated heterocycles. The van der Waals surface area contributed by atoms with Crippen molar-refractivity contribution in [3.05, 3.63) is 18.3 Å². The third-order valence-electron chi connectivity index (χ3n) is 3.96. The molecule has 3 rings (SSSR count). The maximum atomic E-state index is 10.8. The number of hydrogen-bond acceptors (Lipinski definition) is 7. The van der Waals surface area contributed by atoms with Crippen LogP contribution in [0.1, 0.15) is 32.2 Å². The summed E-state index contributed by atoms with van der Waals surface area (Å²) in [5.74, 6) is 0.419. The van der Waals surface area contributed by atoms with Gasteiger partial charge in [-0.25, -0.2) is 19.5 Å².